The van der Waals surface area contributed by atoms with E-state index in [4.69, 9.17) is 9.47 Å². The molecule has 0 aromatic heterocycles. The van der Waals surface area contributed by atoms with Gasteiger partial charge in [0.1, 0.15) is 11.5 Å². The van der Waals surface area contributed by atoms with Crippen molar-refractivity contribution in [1.29, 1.82) is 0 Å². The van der Waals surface area contributed by atoms with E-state index in [2.05, 4.69) is 21.2 Å². The number of nitrogens with one attached hydrogen (secondary N) is 1. The van der Waals surface area contributed by atoms with E-state index in [1.54, 1.807) is 0 Å². The van der Waals surface area contributed by atoms with Gasteiger partial charge >= 0.3 is 0 Å². The number of benzene rings is 2. The fourth-order valence-corrected chi connectivity index (χ4v) is 2.36. The van der Waals surface area contributed by atoms with Crippen LogP contribution in [-0.2, 0) is 11.3 Å². The lowest BCUT2D eigenvalue weighted by Crippen LogP contribution is -2.28. The fourth-order valence-electron chi connectivity index (χ4n) is 2.11. The average Bonchev–Trinajstić information content (AvgIpc) is 2.54. The van der Waals surface area contributed by atoms with Crippen LogP contribution in [0.25, 0.3) is 0 Å². The summed E-state index contributed by atoms with van der Waals surface area (Å²) in [6, 6.07) is 13.3. The normalized spacial score (nSPS) is 10.5. The molecule has 2 aromatic rings. The van der Waals surface area contributed by atoms with Crippen molar-refractivity contribution < 1.29 is 14.3 Å². The second-order valence-electron chi connectivity index (χ2n) is 5.79. The van der Waals surface area contributed by atoms with Crippen LogP contribution < -0.4 is 14.8 Å². The van der Waals surface area contributed by atoms with E-state index in [1.807, 2.05) is 63.2 Å². The molecule has 0 spiro atoms. The van der Waals surface area contributed by atoms with Crippen LogP contribution in [0.3, 0.4) is 0 Å². The monoisotopic (exact) mass is 391 g/mol. The summed E-state index contributed by atoms with van der Waals surface area (Å²) in [5.41, 5.74) is 2.05. The van der Waals surface area contributed by atoms with Crippen LogP contribution in [0.5, 0.6) is 11.5 Å². The van der Waals surface area contributed by atoms with Crippen molar-refractivity contribution in [3.8, 4) is 11.5 Å². The van der Waals surface area contributed by atoms with Crippen molar-refractivity contribution >= 4 is 21.8 Å². The summed E-state index contributed by atoms with van der Waals surface area (Å²) in [7, 11) is 0. The summed E-state index contributed by atoms with van der Waals surface area (Å²) >= 11 is 3.44. The first-order valence-corrected chi connectivity index (χ1v) is 8.64. The summed E-state index contributed by atoms with van der Waals surface area (Å²) in [6.45, 7) is 6.37. The van der Waals surface area contributed by atoms with Gasteiger partial charge in [-0.25, -0.2) is 0 Å². The van der Waals surface area contributed by atoms with Gasteiger partial charge in [-0.05, 0) is 62.2 Å². The molecule has 0 aliphatic rings. The second kappa shape index (κ2) is 8.73. The van der Waals surface area contributed by atoms with Gasteiger partial charge < -0.3 is 14.8 Å². The zero-order chi connectivity index (χ0) is 17.5. The largest absolute Gasteiger partial charge is 0.491 e. The zero-order valence-electron chi connectivity index (χ0n) is 14.1. The van der Waals surface area contributed by atoms with E-state index in [1.165, 1.54) is 0 Å². The number of carbonyl (C=O) groups is 1. The number of ether oxygens (including phenoxy) is 2. The predicted octanol–water partition coefficient (Wildman–Crippen LogP) is 4.24. The van der Waals surface area contributed by atoms with E-state index in [-0.39, 0.29) is 18.6 Å². The summed E-state index contributed by atoms with van der Waals surface area (Å²) in [6.07, 6.45) is 0.123. The maximum Gasteiger partial charge on any atom is 0.258 e. The minimum Gasteiger partial charge on any atom is -0.491 e. The molecule has 128 valence electrons. The van der Waals surface area contributed by atoms with E-state index in [0.29, 0.717) is 12.3 Å². The maximum absolute atomic E-state index is 11.9. The van der Waals surface area contributed by atoms with Crippen molar-refractivity contribution in [3.63, 3.8) is 0 Å². The molecule has 0 saturated carbocycles. The molecule has 0 fully saturated rings. The molecule has 24 heavy (non-hydrogen) atoms. The zero-order valence-corrected chi connectivity index (χ0v) is 15.7. The Hall–Kier alpha value is -2.01. The van der Waals surface area contributed by atoms with Crippen molar-refractivity contribution in [2.75, 3.05) is 6.61 Å². The van der Waals surface area contributed by atoms with Crippen LogP contribution >= 0.6 is 15.9 Å². The molecule has 0 aliphatic carbocycles. The lowest BCUT2D eigenvalue weighted by Gasteiger charge is -2.12. The number of carbonyl (C=O) groups excluding carboxylic acids is 1. The van der Waals surface area contributed by atoms with Gasteiger partial charge in [0.25, 0.3) is 5.91 Å². The molecular formula is C19H22BrNO3. The van der Waals surface area contributed by atoms with Gasteiger partial charge in [-0.1, -0.05) is 28.1 Å². The Kier molecular flexibility index (Phi) is 6.67. The number of hydrogen-bond acceptors (Lipinski definition) is 3. The van der Waals surface area contributed by atoms with Crippen LogP contribution in [0.4, 0.5) is 0 Å². The summed E-state index contributed by atoms with van der Waals surface area (Å²) in [4.78, 5) is 11.9. The van der Waals surface area contributed by atoms with E-state index in [9.17, 15) is 4.79 Å². The van der Waals surface area contributed by atoms with Crippen LogP contribution in [0, 0.1) is 6.92 Å². The highest BCUT2D eigenvalue weighted by molar-refractivity contribution is 9.10. The molecule has 2 aromatic carbocycles. The van der Waals surface area contributed by atoms with E-state index >= 15 is 0 Å². The first kappa shape index (κ1) is 18.3. The smallest absolute Gasteiger partial charge is 0.258 e. The Morgan fingerprint density at radius 1 is 1.17 bits per heavy atom. The van der Waals surface area contributed by atoms with Gasteiger partial charge in [-0.15, -0.1) is 0 Å². The highest BCUT2D eigenvalue weighted by atomic mass is 79.9. The minimum absolute atomic E-state index is 0.0107. The van der Waals surface area contributed by atoms with Crippen LogP contribution in [0.2, 0.25) is 0 Å². The van der Waals surface area contributed by atoms with Crippen LogP contribution in [0.1, 0.15) is 25.0 Å². The van der Waals surface area contributed by atoms with Gasteiger partial charge in [0, 0.05) is 11.0 Å². The Labute approximate surface area is 151 Å². The maximum atomic E-state index is 11.9. The predicted molar refractivity (Wildman–Crippen MR) is 98.4 cm³/mol. The Balaban J connectivity index is 1.81. The van der Waals surface area contributed by atoms with Crippen molar-refractivity contribution in [1.82, 2.24) is 5.32 Å². The molecule has 0 saturated heterocycles. The van der Waals surface area contributed by atoms with Gasteiger partial charge in [0.15, 0.2) is 6.61 Å². The average molecular weight is 392 g/mol. The van der Waals surface area contributed by atoms with Crippen molar-refractivity contribution in [2.45, 2.75) is 33.4 Å². The third-order valence-corrected chi connectivity index (χ3v) is 4.15. The minimum atomic E-state index is -0.161. The molecule has 4 nitrogen and oxygen atoms in total. The lowest BCUT2D eigenvalue weighted by molar-refractivity contribution is -0.123. The summed E-state index contributed by atoms with van der Waals surface area (Å²) < 4.78 is 12.2. The second-order valence-corrected chi connectivity index (χ2v) is 6.64. The number of aryl methyl sites for hydroxylation is 1. The standard InChI is InChI=1S/C19H22BrNO3/c1-13(2)24-17-6-4-5-15(10-17)11-21-19(22)12-23-16-7-8-18(20)14(3)9-16/h4-10,13H,11-12H2,1-3H3,(H,21,22). The number of halogens is 1. The molecule has 0 radical (unpaired) electrons. The summed E-state index contributed by atoms with van der Waals surface area (Å²) in [5.74, 6) is 1.32. The van der Waals surface area contributed by atoms with Crippen molar-refractivity contribution in [2.24, 2.45) is 0 Å². The molecule has 0 atom stereocenters. The Morgan fingerprint density at radius 2 is 1.96 bits per heavy atom. The first-order chi connectivity index (χ1) is 11.4. The fraction of sp³-hybridized carbons (Fsp3) is 0.316. The number of hydrogen-bond donors (Lipinski definition) is 1. The molecule has 0 bridgehead atoms. The third kappa shape index (κ3) is 5.89. The van der Waals surface area contributed by atoms with Gasteiger partial charge in [0.05, 0.1) is 6.10 Å². The van der Waals surface area contributed by atoms with E-state index < -0.39 is 0 Å². The van der Waals surface area contributed by atoms with Gasteiger partial charge in [-0.3, -0.25) is 4.79 Å². The van der Waals surface area contributed by atoms with Crippen LogP contribution in [-0.4, -0.2) is 18.6 Å². The topological polar surface area (TPSA) is 47.6 Å². The molecule has 0 heterocycles. The number of amides is 1. The third-order valence-electron chi connectivity index (χ3n) is 3.26. The molecule has 2 rings (SSSR count). The Bertz CT molecular complexity index is 701. The molecule has 1 amide bonds. The molecular weight excluding hydrogens is 370 g/mol. The summed E-state index contributed by atoms with van der Waals surface area (Å²) in [5, 5.41) is 2.85. The van der Waals surface area contributed by atoms with Gasteiger partial charge in [-0.2, -0.15) is 0 Å². The highest BCUT2D eigenvalue weighted by Crippen LogP contribution is 2.21. The van der Waals surface area contributed by atoms with Crippen molar-refractivity contribution in [3.05, 3.63) is 58.1 Å². The SMILES string of the molecule is Cc1cc(OCC(=O)NCc2cccc(OC(C)C)c2)ccc1Br. The quantitative estimate of drug-likeness (QED) is 0.767. The molecule has 0 unspecified atom stereocenters. The van der Waals surface area contributed by atoms with Gasteiger partial charge in [0.2, 0.25) is 0 Å². The molecule has 1 N–H and O–H groups in total. The highest BCUT2D eigenvalue weighted by Gasteiger charge is 2.05. The lowest BCUT2D eigenvalue weighted by atomic mass is 10.2. The van der Waals surface area contributed by atoms with E-state index in [0.717, 1.165) is 21.3 Å². The molecule has 5 heteroatoms. The first-order valence-electron chi connectivity index (χ1n) is 7.85. The van der Waals surface area contributed by atoms with Crippen LogP contribution in [0.15, 0.2) is 46.9 Å². The number of rotatable bonds is 7. The Morgan fingerprint density at radius 3 is 2.67 bits per heavy atom. The molecule has 0 aliphatic heterocycles.